The molecule has 1 amide bonds. The molecule has 0 radical (unpaired) electrons. The van der Waals surface area contributed by atoms with Gasteiger partial charge in [-0.2, -0.15) is 0 Å². The van der Waals surface area contributed by atoms with Crippen LogP contribution in [-0.2, 0) is 9.47 Å². The van der Waals surface area contributed by atoms with Crippen molar-refractivity contribution in [2.45, 2.75) is 44.6 Å². The molecule has 0 spiro atoms. The lowest BCUT2D eigenvalue weighted by molar-refractivity contribution is -0.384. The fraction of sp³-hybridized carbons (Fsp3) is 0.632. The quantitative estimate of drug-likeness (QED) is 0.485. The van der Waals surface area contributed by atoms with Crippen molar-refractivity contribution in [2.75, 3.05) is 38.7 Å². The molecule has 2 heterocycles. The van der Waals surface area contributed by atoms with Crippen molar-refractivity contribution in [1.29, 1.82) is 0 Å². The Bertz CT molecular complexity index is 767. The number of hydrogen-bond donors (Lipinski definition) is 2. The van der Waals surface area contributed by atoms with Gasteiger partial charge in [-0.3, -0.25) is 14.9 Å². The summed E-state index contributed by atoms with van der Waals surface area (Å²) in [5, 5.41) is 18.3. The molecule has 29 heavy (non-hydrogen) atoms. The molecule has 0 aliphatic carbocycles. The minimum atomic E-state index is -0.455. The number of amides is 1. The number of hydrogen-bond acceptors (Lipinski definition) is 7. The van der Waals surface area contributed by atoms with E-state index in [-0.39, 0.29) is 41.6 Å². The van der Waals surface area contributed by atoms with Crippen LogP contribution in [0.3, 0.4) is 0 Å². The molecular formula is C19H27BrN4O5. The summed E-state index contributed by atoms with van der Waals surface area (Å²) >= 11 is 3.32. The Morgan fingerprint density at radius 1 is 1.41 bits per heavy atom. The Morgan fingerprint density at radius 3 is 2.72 bits per heavy atom. The number of anilines is 1. The molecule has 0 bridgehead atoms. The number of halogens is 1. The number of nitrogens with zero attached hydrogens (tertiary/aromatic N) is 2. The summed E-state index contributed by atoms with van der Waals surface area (Å²) in [6, 6.07) is 3.21. The predicted molar refractivity (Wildman–Crippen MR) is 112 cm³/mol. The molecule has 2 aliphatic rings. The summed E-state index contributed by atoms with van der Waals surface area (Å²) in [6.07, 6.45) is 0.575. The average Bonchev–Trinajstić information content (AvgIpc) is 3.08. The van der Waals surface area contributed by atoms with E-state index >= 15 is 0 Å². The maximum Gasteiger partial charge on any atom is 0.294 e. The van der Waals surface area contributed by atoms with Crippen LogP contribution in [0.4, 0.5) is 11.4 Å². The number of carbonyl (C=O) groups excluding carboxylic acids is 1. The zero-order valence-electron chi connectivity index (χ0n) is 16.8. The van der Waals surface area contributed by atoms with E-state index in [0.717, 1.165) is 6.42 Å². The Kier molecular flexibility index (Phi) is 7.10. The number of methoxy groups -OCH3 is 1. The van der Waals surface area contributed by atoms with Crippen molar-refractivity contribution in [3.8, 4) is 0 Å². The summed E-state index contributed by atoms with van der Waals surface area (Å²) < 4.78 is 11.4. The van der Waals surface area contributed by atoms with E-state index in [9.17, 15) is 14.9 Å². The molecule has 3 rings (SSSR count). The van der Waals surface area contributed by atoms with Crippen molar-refractivity contribution in [2.24, 2.45) is 0 Å². The van der Waals surface area contributed by atoms with E-state index < -0.39 is 4.92 Å². The molecule has 2 saturated heterocycles. The first kappa shape index (κ1) is 21.9. The van der Waals surface area contributed by atoms with Crippen LogP contribution in [0.2, 0.25) is 0 Å². The molecule has 4 atom stereocenters. The van der Waals surface area contributed by atoms with Crippen LogP contribution >= 0.6 is 15.9 Å². The summed E-state index contributed by atoms with van der Waals surface area (Å²) in [4.78, 5) is 26.3. The Labute approximate surface area is 178 Å². The van der Waals surface area contributed by atoms with Gasteiger partial charge in [0.15, 0.2) is 0 Å². The highest BCUT2D eigenvalue weighted by atomic mass is 79.9. The van der Waals surface area contributed by atoms with E-state index in [4.69, 9.17) is 9.47 Å². The van der Waals surface area contributed by atoms with E-state index in [1.165, 1.54) is 6.07 Å². The zero-order chi connectivity index (χ0) is 21.1. The number of morpholine rings is 1. The van der Waals surface area contributed by atoms with Crippen LogP contribution < -0.4 is 10.6 Å². The second-order valence-corrected chi connectivity index (χ2v) is 8.63. The topological polar surface area (TPSA) is 106 Å². The third kappa shape index (κ3) is 5.25. The molecule has 1 aromatic carbocycles. The van der Waals surface area contributed by atoms with Crippen molar-refractivity contribution in [3.63, 3.8) is 0 Å². The van der Waals surface area contributed by atoms with Crippen molar-refractivity contribution < 1.29 is 19.2 Å². The molecule has 0 unspecified atom stereocenters. The minimum Gasteiger partial charge on any atom is -0.383 e. The molecule has 0 aromatic heterocycles. The van der Waals surface area contributed by atoms with E-state index in [2.05, 4.69) is 26.6 Å². The number of carbonyl (C=O) groups is 1. The molecule has 2 aliphatic heterocycles. The Balaban J connectivity index is 1.91. The SMILES string of the molecule is COC[C@@H]1C[C@@H](Nc2c(C(=O)N3C[C@@H](C)O[C@@H](C)C3)cc(Br)cc2[N+](=O)[O-])CN1. The molecule has 0 saturated carbocycles. The maximum atomic E-state index is 13.3. The van der Waals surface area contributed by atoms with Gasteiger partial charge in [0.1, 0.15) is 5.69 Å². The number of nitro benzene ring substituents is 1. The van der Waals surface area contributed by atoms with Gasteiger partial charge in [-0.1, -0.05) is 15.9 Å². The van der Waals surface area contributed by atoms with Crippen molar-refractivity contribution >= 4 is 33.2 Å². The number of benzene rings is 1. The van der Waals surface area contributed by atoms with E-state index in [0.29, 0.717) is 36.3 Å². The Hall–Kier alpha value is -1.75. The fourth-order valence-electron chi connectivity index (χ4n) is 4.03. The van der Waals surface area contributed by atoms with Gasteiger partial charge in [0.05, 0.1) is 29.3 Å². The van der Waals surface area contributed by atoms with Crippen molar-refractivity contribution in [3.05, 3.63) is 32.3 Å². The molecule has 9 nitrogen and oxygen atoms in total. The zero-order valence-corrected chi connectivity index (χ0v) is 18.4. The molecular weight excluding hydrogens is 444 g/mol. The second kappa shape index (κ2) is 9.38. The molecule has 10 heteroatoms. The first-order valence-electron chi connectivity index (χ1n) is 9.70. The van der Waals surface area contributed by atoms with Crippen LogP contribution in [0, 0.1) is 10.1 Å². The maximum absolute atomic E-state index is 13.3. The predicted octanol–water partition coefficient (Wildman–Crippen LogP) is 2.40. The number of nitro groups is 1. The number of nitrogens with one attached hydrogen (secondary N) is 2. The first-order valence-corrected chi connectivity index (χ1v) is 10.5. The van der Waals surface area contributed by atoms with Crippen LogP contribution in [0.1, 0.15) is 30.6 Å². The van der Waals surface area contributed by atoms with Gasteiger partial charge in [0.2, 0.25) is 0 Å². The highest BCUT2D eigenvalue weighted by molar-refractivity contribution is 9.10. The van der Waals surface area contributed by atoms with Crippen LogP contribution in [0.5, 0.6) is 0 Å². The largest absolute Gasteiger partial charge is 0.383 e. The smallest absolute Gasteiger partial charge is 0.294 e. The lowest BCUT2D eigenvalue weighted by Crippen LogP contribution is -2.48. The van der Waals surface area contributed by atoms with Crippen LogP contribution in [0.15, 0.2) is 16.6 Å². The highest BCUT2D eigenvalue weighted by Gasteiger charge is 2.33. The van der Waals surface area contributed by atoms with Gasteiger partial charge in [-0.05, 0) is 26.3 Å². The van der Waals surface area contributed by atoms with Crippen LogP contribution in [-0.4, -0.2) is 73.4 Å². The van der Waals surface area contributed by atoms with Crippen LogP contribution in [0.25, 0.3) is 0 Å². The lowest BCUT2D eigenvalue weighted by Gasteiger charge is -2.35. The highest BCUT2D eigenvalue weighted by Crippen LogP contribution is 2.35. The molecule has 160 valence electrons. The first-order chi connectivity index (χ1) is 13.8. The summed E-state index contributed by atoms with van der Waals surface area (Å²) in [5.41, 5.74) is 0.440. The van der Waals surface area contributed by atoms with Gasteiger partial charge >= 0.3 is 0 Å². The van der Waals surface area contributed by atoms with Gasteiger partial charge < -0.3 is 25.0 Å². The molecule has 2 fully saturated rings. The van der Waals surface area contributed by atoms with Gasteiger partial charge in [-0.25, -0.2) is 0 Å². The normalized spacial score (nSPS) is 27.1. The average molecular weight is 471 g/mol. The summed E-state index contributed by atoms with van der Waals surface area (Å²) in [7, 11) is 1.64. The number of rotatable bonds is 6. The lowest BCUT2D eigenvalue weighted by atomic mass is 10.1. The molecule has 2 N–H and O–H groups in total. The number of ether oxygens (including phenoxy) is 2. The second-order valence-electron chi connectivity index (χ2n) is 7.71. The van der Waals surface area contributed by atoms with E-state index in [1.807, 2.05) is 13.8 Å². The van der Waals surface area contributed by atoms with Gasteiger partial charge in [0, 0.05) is 49.4 Å². The van der Waals surface area contributed by atoms with Gasteiger partial charge in [-0.15, -0.1) is 0 Å². The van der Waals surface area contributed by atoms with Crippen molar-refractivity contribution in [1.82, 2.24) is 10.2 Å². The van der Waals surface area contributed by atoms with E-state index in [1.54, 1.807) is 18.1 Å². The van der Waals surface area contributed by atoms with Gasteiger partial charge in [0.25, 0.3) is 11.6 Å². The Morgan fingerprint density at radius 2 is 2.10 bits per heavy atom. The monoisotopic (exact) mass is 470 g/mol. The summed E-state index contributed by atoms with van der Waals surface area (Å²) in [6.45, 7) is 5.93. The third-order valence-electron chi connectivity index (χ3n) is 5.15. The fourth-order valence-corrected chi connectivity index (χ4v) is 4.48. The summed E-state index contributed by atoms with van der Waals surface area (Å²) in [5.74, 6) is -0.238. The molecule has 1 aromatic rings. The third-order valence-corrected chi connectivity index (χ3v) is 5.61. The standard InChI is InChI=1S/C19H27BrN4O5/c1-11-8-23(9-12(2)29-11)19(25)16-4-13(20)5-17(24(26)27)18(16)22-14-6-15(10-28-3)21-7-14/h4-5,11-12,14-15,21-22H,6-10H2,1-3H3/t11-,12+,14-,15+/m1/s1. The minimum absolute atomic E-state index is 0.0379.